The van der Waals surface area contributed by atoms with Crippen molar-refractivity contribution in [1.29, 1.82) is 0 Å². The Morgan fingerprint density at radius 1 is 1.28 bits per heavy atom. The molecule has 0 radical (unpaired) electrons. The number of benzene rings is 2. The van der Waals surface area contributed by atoms with Crippen LogP contribution < -0.4 is 0 Å². The molecule has 0 fully saturated rings. The highest BCUT2D eigenvalue weighted by molar-refractivity contribution is 5.99. The van der Waals surface area contributed by atoms with Gasteiger partial charge in [0, 0.05) is 11.3 Å². The van der Waals surface area contributed by atoms with Crippen molar-refractivity contribution in [3.63, 3.8) is 0 Å². The number of aliphatic hydroxyl groups is 2. The molecule has 2 aromatic rings. The van der Waals surface area contributed by atoms with Crippen LogP contribution in [-0.2, 0) is 11.2 Å². The summed E-state index contributed by atoms with van der Waals surface area (Å²) in [5.41, 5.74) is 0.956. The van der Waals surface area contributed by atoms with Gasteiger partial charge in [-0.05, 0) is 52.4 Å². The lowest BCUT2D eigenvalue weighted by Gasteiger charge is -2.45. The zero-order valence-electron chi connectivity index (χ0n) is 14.4. The highest BCUT2D eigenvalue weighted by Crippen LogP contribution is 2.59. The number of Topliss-reactive ketones (excluding diaryl/α,β-unsaturated/α-hetero) is 1. The van der Waals surface area contributed by atoms with Gasteiger partial charge in [-0.3, -0.25) is 4.79 Å². The lowest BCUT2D eigenvalue weighted by atomic mass is 9.60. The molecule has 130 valence electrons. The lowest BCUT2D eigenvalue weighted by Crippen LogP contribution is -2.56. The number of hydrogen-bond acceptors (Lipinski definition) is 4. The molecule has 0 saturated heterocycles. The fraction of sp³-hybridized carbons (Fsp3) is 0.381. The van der Waals surface area contributed by atoms with Crippen molar-refractivity contribution in [3.05, 3.63) is 47.5 Å². The molecule has 3 N–H and O–H groups in total. The molecule has 0 amide bonds. The fourth-order valence-corrected chi connectivity index (χ4v) is 4.94. The van der Waals surface area contributed by atoms with Gasteiger partial charge in [-0.2, -0.15) is 0 Å². The number of aryl methyl sites for hydroxylation is 1. The minimum Gasteiger partial charge on any atom is -0.508 e. The predicted molar refractivity (Wildman–Crippen MR) is 96.2 cm³/mol. The van der Waals surface area contributed by atoms with E-state index in [1.54, 1.807) is 12.1 Å². The fourth-order valence-electron chi connectivity index (χ4n) is 4.94. The van der Waals surface area contributed by atoms with Crippen LogP contribution in [0.15, 0.2) is 36.4 Å². The Hall–Kier alpha value is -2.17. The summed E-state index contributed by atoms with van der Waals surface area (Å²) >= 11 is 0. The zero-order valence-corrected chi connectivity index (χ0v) is 14.4. The van der Waals surface area contributed by atoms with Crippen LogP contribution in [0.2, 0.25) is 0 Å². The molecule has 2 aliphatic carbocycles. The first-order valence-corrected chi connectivity index (χ1v) is 8.66. The van der Waals surface area contributed by atoms with Gasteiger partial charge in [-0.25, -0.2) is 0 Å². The molecule has 0 bridgehead atoms. The van der Waals surface area contributed by atoms with Gasteiger partial charge < -0.3 is 15.3 Å². The second kappa shape index (κ2) is 5.16. The van der Waals surface area contributed by atoms with E-state index in [0.717, 1.165) is 28.3 Å². The van der Waals surface area contributed by atoms with Gasteiger partial charge >= 0.3 is 0 Å². The van der Waals surface area contributed by atoms with E-state index in [0.29, 0.717) is 6.42 Å². The maximum absolute atomic E-state index is 12.4. The van der Waals surface area contributed by atoms with Crippen molar-refractivity contribution >= 4 is 22.1 Å². The van der Waals surface area contributed by atoms with Crippen molar-refractivity contribution < 1.29 is 20.1 Å². The Morgan fingerprint density at radius 3 is 2.76 bits per heavy atom. The van der Waals surface area contributed by atoms with Crippen LogP contribution >= 0.6 is 0 Å². The third-order valence-electron chi connectivity index (χ3n) is 6.36. The van der Waals surface area contributed by atoms with E-state index in [9.17, 15) is 20.1 Å². The molecule has 4 rings (SSSR count). The summed E-state index contributed by atoms with van der Waals surface area (Å²) in [5, 5.41) is 32.4. The van der Waals surface area contributed by atoms with E-state index in [4.69, 9.17) is 0 Å². The molecule has 0 spiro atoms. The van der Waals surface area contributed by atoms with Gasteiger partial charge in [-0.15, -0.1) is 0 Å². The maximum Gasteiger partial charge on any atom is 0.191 e. The zero-order chi connectivity index (χ0) is 18.0. The summed E-state index contributed by atoms with van der Waals surface area (Å²) in [4.78, 5) is 12.4. The molecular formula is C21H22O4. The number of aromatic hydroxyl groups is 1. The highest BCUT2D eigenvalue weighted by Gasteiger charge is 2.61. The number of rotatable bonds is 2. The number of hydrogen-bond donors (Lipinski definition) is 3. The molecule has 0 heterocycles. The topological polar surface area (TPSA) is 77.8 Å². The first kappa shape index (κ1) is 16.3. The SMILES string of the molecule is C[C@@H]1C=C2c3ccc4cc(O)ccc4c3CC[C@]2(C)[C@@]1(O)C(=O)CO. The number of phenolic OH excluding ortho intramolecular Hbond substituents is 1. The van der Waals surface area contributed by atoms with Gasteiger partial charge in [0.15, 0.2) is 5.78 Å². The van der Waals surface area contributed by atoms with Crippen LogP contribution in [0.4, 0.5) is 0 Å². The van der Waals surface area contributed by atoms with E-state index >= 15 is 0 Å². The van der Waals surface area contributed by atoms with Gasteiger partial charge in [0.2, 0.25) is 0 Å². The number of carbonyl (C=O) groups excluding carboxylic acids is 1. The monoisotopic (exact) mass is 338 g/mol. The predicted octanol–water partition coefficient (Wildman–Crippen LogP) is 2.82. The Morgan fingerprint density at radius 2 is 2.04 bits per heavy atom. The standard InChI is InChI=1S/C21H22O4/c1-12-9-18-17-5-3-13-10-14(23)4-6-15(13)16(17)7-8-20(18,2)21(12,25)19(24)11-22/h3-6,9-10,12,22-23,25H,7-8,11H2,1-2H3/t12-,20+,21+/m1/s1. The second-order valence-electron chi connectivity index (χ2n) is 7.55. The van der Waals surface area contributed by atoms with E-state index in [-0.39, 0.29) is 11.7 Å². The summed E-state index contributed by atoms with van der Waals surface area (Å²) in [6, 6.07) is 9.35. The molecule has 0 aliphatic heterocycles. The Labute approximate surface area is 146 Å². The highest BCUT2D eigenvalue weighted by atomic mass is 16.3. The summed E-state index contributed by atoms with van der Waals surface area (Å²) in [5.74, 6) is -0.624. The Balaban J connectivity index is 1.93. The van der Waals surface area contributed by atoms with Crippen LogP contribution in [0.1, 0.15) is 31.4 Å². The van der Waals surface area contributed by atoms with Crippen LogP contribution in [0.25, 0.3) is 16.3 Å². The summed E-state index contributed by atoms with van der Waals surface area (Å²) in [6.45, 7) is 3.12. The number of fused-ring (bicyclic) bond motifs is 5. The molecule has 2 aliphatic rings. The van der Waals surface area contributed by atoms with Crippen LogP contribution in [0.3, 0.4) is 0 Å². The second-order valence-corrected chi connectivity index (χ2v) is 7.55. The van der Waals surface area contributed by atoms with Gasteiger partial charge in [0.25, 0.3) is 0 Å². The molecule has 3 atom stereocenters. The number of carbonyl (C=O) groups is 1. The normalized spacial score (nSPS) is 30.7. The van der Waals surface area contributed by atoms with Gasteiger partial charge in [-0.1, -0.05) is 38.1 Å². The molecule has 2 aromatic carbocycles. The minimum atomic E-state index is -1.57. The molecular weight excluding hydrogens is 316 g/mol. The quantitative estimate of drug-likeness (QED) is 0.787. The first-order chi connectivity index (χ1) is 11.8. The number of aliphatic hydroxyl groups excluding tert-OH is 1. The summed E-state index contributed by atoms with van der Waals surface area (Å²) < 4.78 is 0. The smallest absolute Gasteiger partial charge is 0.191 e. The van der Waals surface area contributed by atoms with Crippen molar-refractivity contribution in [2.45, 2.75) is 32.3 Å². The Kier molecular flexibility index (Phi) is 3.37. The largest absolute Gasteiger partial charge is 0.508 e. The molecule has 0 aromatic heterocycles. The van der Waals surface area contributed by atoms with Crippen molar-refractivity contribution in [2.24, 2.45) is 11.3 Å². The van der Waals surface area contributed by atoms with E-state index in [1.807, 2.05) is 38.1 Å². The third-order valence-corrected chi connectivity index (χ3v) is 6.36. The average Bonchev–Trinajstić information content (AvgIpc) is 2.81. The molecule has 4 nitrogen and oxygen atoms in total. The average molecular weight is 338 g/mol. The van der Waals surface area contributed by atoms with Gasteiger partial charge in [0.05, 0.1) is 0 Å². The maximum atomic E-state index is 12.4. The summed E-state index contributed by atoms with van der Waals surface area (Å²) in [7, 11) is 0. The third kappa shape index (κ3) is 1.92. The van der Waals surface area contributed by atoms with E-state index in [1.165, 1.54) is 5.56 Å². The number of ketones is 1. The van der Waals surface area contributed by atoms with Crippen molar-refractivity contribution in [2.75, 3.05) is 6.61 Å². The molecule has 4 heteroatoms. The van der Waals surface area contributed by atoms with Crippen LogP contribution in [0.5, 0.6) is 5.75 Å². The van der Waals surface area contributed by atoms with Crippen LogP contribution in [0, 0.1) is 11.3 Å². The minimum absolute atomic E-state index is 0.240. The molecule has 0 unspecified atom stereocenters. The van der Waals surface area contributed by atoms with E-state index < -0.39 is 23.4 Å². The first-order valence-electron chi connectivity index (χ1n) is 8.66. The van der Waals surface area contributed by atoms with Crippen molar-refractivity contribution in [3.8, 4) is 5.75 Å². The van der Waals surface area contributed by atoms with E-state index in [2.05, 4.69) is 0 Å². The number of phenols is 1. The Bertz CT molecular complexity index is 929. The van der Waals surface area contributed by atoms with Gasteiger partial charge in [0.1, 0.15) is 18.0 Å². The lowest BCUT2D eigenvalue weighted by molar-refractivity contribution is -0.155. The van der Waals surface area contributed by atoms with Crippen molar-refractivity contribution in [1.82, 2.24) is 0 Å². The van der Waals surface area contributed by atoms with Crippen LogP contribution in [-0.4, -0.2) is 33.3 Å². The summed E-state index contributed by atoms with van der Waals surface area (Å²) in [6.07, 6.45) is 3.36. The molecule has 25 heavy (non-hydrogen) atoms. The molecule has 0 saturated carbocycles.